The Hall–Kier alpha value is -3.22. The van der Waals surface area contributed by atoms with Crippen molar-refractivity contribution >= 4 is 12.1 Å². The molecule has 0 aromatic heterocycles. The van der Waals surface area contributed by atoms with Crippen LogP contribution < -0.4 is 14.8 Å². The predicted octanol–water partition coefficient (Wildman–Crippen LogP) is 3.89. The molecule has 0 spiro atoms. The number of amides is 1. The maximum atomic E-state index is 11.9. The number of aliphatic carboxylic acids is 1. The van der Waals surface area contributed by atoms with Crippen LogP contribution in [0.2, 0.25) is 0 Å². The number of benzene rings is 2. The van der Waals surface area contributed by atoms with E-state index in [2.05, 4.69) is 5.32 Å². The van der Waals surface area contributed by atoms with Gasteiger partial charge in [0.25, 0.3) is 0 Å². The van der Waals surface area contributed by atoms with E-state index in [0.29, 0.717) is 11.5 Å². The molecule has 2 aromatic carbocycles. The van der Waals surface area contributed by atoms with Crippen molar-refractivity contribution in [3.05, 3.63) is 48.0 Å². The predicted molar refractivity (Wildman–Crippen MR) is 109 cm³/mol. The van der Waals surface area contributed by atoms with Crippen molar-refractivity contribution in [1.82, 2.24) is 5.32 Å². The van der Waals surface area contributed by atoms with E-state index >= 15 is 0 Å². The largest absolute Gasteiger partial charge is 0.497 e. The van der Waals surface area contributed by atoms with Gasteiger partial charge < -0.3 is 24.6 Å². The van der Waals surface area contributed by atoms with Crippen molar-refractivity contribution in [3.8, 4) is 22.6 Å². The highest BCUT2D eigenvalue weighted by Crippen LogP contribution is 2.33. The van der Waals surface area contributed by atoms with Crippen LogP contribution in [0, 0.1) is 0 Å². The van der Waals surface area contributed by atoms with Crippen molar-refractivity contribution < 1.29 is 28.9 Å². The Morgan fingerprint density at radius 1 is 1.03 bits per heavy atom. The second-order valence-corrected chi connectivity index (χ2v) is 7.50. The van der Waals surface area contributed by atoms with Crippen LogP contribution in [0.1, 0.15) is 26.3 Å². The van der Waals surface area contributed by atoms with E-state index in [1.54, 1.807) is 41.1 Å². The number of carbonyl (C=O) groups excluding carboxylic acids is 1. The lowest BCUT2D eigenvalue weighted by molar-refractivity contribution is -0.139. The summed E-state index contributed by atoms with van der Waals surface area (Å²) in [7, 11) is 3.18. The van der Waals surface area contributed by atoms with Gasteiger partial charge in [-0.15, -0.1) is 0 Å². The van der Waals surface area contributed by atoms with Crippen molar-refractivity contribution in [2.24, 2.45) is 0 Å². The highest BCUT2D eigenvalue weighted by molar-refractivity contribution is 5.80. The van der Waals surface area contributed by atoms with Crippen LogP contribution in [0.15, 0.2) is 42.5 Å². The van der Waals surface area contributed by atoms with Gasteiger partial charge in [-0.2, -0.15) is 0 Å². The van der Waals surface area contributed by atoms with Gasteiger partial charge in [-0.1, -0.05) is 24.3 Å². The van der Waals surface area contributed by atoms with Gasteiger partial charge in [0.2, 0.25) is 0 Å². The molecule has 1 unspecified atom stereocenters. The Labute approximate surface area is 170 Å². The van der Waals surface area contributed by atoms with Crippen molar-refractivity contribution in [1.29, 1.82) is 0 Å². The standard InChI is InChI=1S/C22H27NO6/c1-22(2,3)29-21(26)23-18(20(24)25)12-14-6-8-15(9-7-14)17-11-10-16(27-4)13-19(17)28-5/h6-11,13,18H,12H2,1-5H3,(H,23,26)(H,24,25). The molecule has 7 heteroatoms. The summed E-state index contributed by atoms with van der Waals surface area (Å²) in [6.45, 7) is 5.15. The van der Waals surface area contributed by atoms with Gasteiger partial charge >= 0.3 is 12.1 Å². The number of carboxylic acids is 1. The van der Waals surface area contributed by atoms with Gasteiger partial charge in [0, 0.05) is 18.1 Å². The van der Waals surface area contributed by atoms with Gasteiger partial charge in [-0.3, -0.25) is 0 Å². The Kier molecular flexibility index (Phi) is 7.09. The van der Waals surface area contributed by atoms with E-state index in [1.165, 1.54) is 0 Å². The lowest BCUT2D eigenvalue weighted by Crippen LogP contribution is -2.44. The highest BCUT2D eigenvalue weighted by Gasteiger charge is 2.24. The van der Waals surface area contributed by atoms with Crippen molar-refractivity contribution in [2.45, 2.75) is 38.8 Å². The van der Waals surface area contributed by atoms with Gasteiger partial charge in [0.15, 0.2) is 0 Å². The van der Waals surface area contributed by atoms with Crippen molar-refractivity contribution in [2.75, 3.05) is 14.2 Å². The normalized spacial score (nSPS) is 12.0. The van der Waals surface area contributed by atoms with Gasteiger partial charge in [0.05, 0.1) is 14.2 Å². The summed E-state index contributed by atoms with van der Waals surface area (Å²) >= 11 is 0. The minimum Gasteiger partial charge on any atom is -0.497 e. The molecule has 7 nitrogen and oxygen atoms in total. The third kappa shape index (κ3) is 6.41. The van der Waals surface area contributed by atoms with Gasteiger partial charge in [-0.25, -0.2) is 9.59 Å². The zero-order valence-electron chi connectivity index (χ0n) is 17.3. The topological polar surface area (TPSA) is 94.1 Å². The first kappa shape index (κ1) is 22.1. The van der Waals surface area contributed by atoms with Crippen LogP contribution in [0.3, 0.4) is 0 Å². The smallest absolute Gasteiger partial charge is 0.408 e. The lowest BCUT2D eigenvalue weighted by atomic mass is 10.00. The van der Waals surface area contributed by atoms with Crippen molar-refractivity contribution in [3.63, 3.8) is 0 Å². The molecular formula is C22H27NO6. The maximum absolute atomic E-state index is 11.9. The Morgan fingerprint density at radius 2 is 1.69 bits per heavy atom. The number of carboxylic acid groups (broad SMARTS) is 1. The van der Waals surface area contributed by atoms with Crippen LogP contribution in [-0.4, -0.2) is 43.0 Å². The number of ether oxygens (including phenoxy) is 3. The summed E-state index contributed by atoms with van der Waals surface area (Å²) in [6, 6.07) is 11.9. The fourth-order valence-corrected chi connectivity index (χ4v) is 2.74. The first-order valence-corrected chi connectivity index (χ1v) is 9.16. The summed E-state index contributed by atoms with van der Waals surface area (Å²) in [4.78, 5) is 23.4. The van der Waals surface area contributed by atoms with E-state index in [-0.39, 0.29) is 6.42 Å². The monoisotopic (exact) mass is 401 g/mol. The zero-order chi connectivity index (χ0) is 21.6. The molecule has 29 heavy (non-hydrogen) atoms. The molecule has 2 rings (SSSR count). The number of hydrogen-bond acceptors (Lipinski definition) is 5. The number of nitrogens with one attached hydrogen (secondary N) is 1. The Morgan fingerprint density at radius 3 is 2.21 bits per heavy atom. The number of alkyl carbamates (subject to hydrolysis) is 1. The molecule has 0 aliphatic heterocycles. The lowest BCUT2D eigenvalue weighted by Gasteiger charge is -2.22. The molecule has 0 fully saturated rings. The molecule has 0 saturated heterocycles. The summed E-state index contributed by atoms with van der Waals surface area (Å²) < 4.78 is 15.8. The fourth-order valence-electron chi connectivity index (χ4n) is 2.74. The summed E-state index contributed by atoms with van der Waals surface area (Å²) in [6.07, 6.45) is -0.626. The molecule has 156 valence electrons. The number of methoxy groups -OCH3 is 2. The molecule has 0 heterocycles. The third-order valence-corrected chi connectivity index (χ3v) is 4.10. The fraction of sp³-hybridized carbons (Fsp3) is 0.364. The second-order valence-electron chi connectivity index (χ2n) is 7.50. The maximum Gasteiger partial charge on any atom is 0.408 e. The highest BCUT2D eigenvalue weighted by atomic mass is 16.6. The molecular weight excluding hydrogens is 374 g/mol. The Bertz CT molecular complexity index is 855. The van der Waals surface area contributed by atoms with E-state index in [4.69, 9.17) is 14.2 Å². The number of carbonyl (C=O) groups is 2. The first-order valence-electron chi connectivity index (χ1n) is 9.16. The average molecular weight is 401 g/mol. The second kappa shape index (κ2) is 9.32. The number of rotatable bonds is 7. The quantitative estimate of drug-likeness (QED) is 0.731. The van der Waals surface area contributed by atoms with Gasteiger partial charge in [0.1, 0.15) is 23.1 Å². The van der Waals surface area contributed by atoms with E-state index in [1.807, 2.05) is 36.4 Å². The van der Waals surface area contributed by atoms with Crippen LogP contribution in [0.5, 0.6) is 11.5 Å². The Balaban J connectivity index is 2.14. The van der Waals surface area contributed by atoms with Crippen LogP contribution in [0.4, 0.5) is 4.79 Å². The molecule has 0 saturated carbocycles. The van der Waals surface area contributed by atoms with Crippen LogP contribution >= 0.6 is 0 Å². The molecule has 0 bridgehead atoms. The summed E-state index contributed by atoms with van der Waals surface area (Å²) in [5.74, 6) is 0.239. The number of hydrogen-bond donors (Lipinski definition) is 2. The molecule has 0 aliphatic rings. The third-order valence-electron chi connectivity index (χ3n) is 4.10. The molecule has 1 atom stereocenters. The van der Waals surface area contributed by atoms with Crippen LogP contribution in [-0.2, 0) is 16.0 Å². The first-order chi connectivity index (χ1) is 13.6. The minimum absolute atomic E-state index is 0.134. The molecule has 2 N–H and O–H groups in total. The van der Waals surface area contributed by atoms with E-state index in [9.17, 15) is 14.7 Å². The average Bonchev–Trinajstić information content (AvgIpc) is 2.66. The SMILES string of the molecule is COc1ccc(-c2ccc(CC(NC(=O)OC(C)(C)C)C(=O)O)cc2)c(OC)c1. The van der Waals surface area contributed by atoms with Gasteiger partial charge in [-0.05, 0) is 44.0 Å². The van der Waals surface area contributed by atoms with Crippen LogP contribution in [0.25, 0.3) is 11.1 Å². The molecule has 1 amide bonds. The molecule has 2 aromatic rings. The summed E-state index contributed by atoms with van der Waals surface area (Å²) in [5, 5.41) is 11.8. The van der Waals surface area contributed by atoms with E-state index in [0.717, 1.165) is 16.7 Å². The molecule has 0 aliphatic carbocycles. The minimum atomic E-state index is -1.13. The zero-order valence-corrected chi connectivity index (χ0v) is 17.3. The summed E-state index contributed by atoms with van der Waals surface area (Å²) in [5.41, 5.74) is 1.87. The molecule has 0 radical (unpaired) electrons. The van der Waals surface area contributed by atoms with E-state index < -0.39 is 23.7 Å².